The monoisotopic (exact) mass is 335 g/mol. The smallest absolute Gasteiger partial charge is 0.186 e. The first-order chi connectivity index (χ1) is 9.53. The van der Waals surface area contributed by atoms with Crippen LogP contribution >= 0.6 is 23.1 Å². The van der Waals surface area contributed by atoms with Crippen molar-refractivity contribution in [3.8, 4) is 0 Å². The second kappa shape index (κ2) is 6.64. The average molecular weight is 336 g/mol. The standard InChI is InChI=1S/C12H21N3O2S3/c1-3-9-10(7-13)19-12(14-9)15-5-6-18-8-11(15)20(16,17)4-2/h11H,3-8,13H2,1-2H3. The van der Waals surface area contributed by atoms with Gasteiger partial charge in [-0.1, -0.05) is 13.8 Å². The SMILES string of the molecule is CCc1nc(N2CCSCC2S(=O)(=O)CC)sc1CN. The Labute approximate surface area is 128 Å². The fraction of sp³-hybridized carbons (Fsp3) is 0.750. The van der Waals surface area contributed by atoms with E-state index in [4.69, 9.17) is 5.73 Å². The van der Waals surface area contributed by atoms with E-state index in [2.05, 4.69) is 4.98 Å². The molecule has 1 aromatic heterocycles. The summed E-state index contributed by atoms with van der Waals surface area (Å²) in [6.07, 6.45) is 0.830. The fourth-order valence-corrected chi connectivity index (χ4v) is 6.36. The van der Waals surface area contributed by atoms with Crippen molar-refractivity contribution in [2.24, 2.45) is 5.73 Å². The molecular weight excluding hydrogens is 314 g/mol. The molecule has 20 heavy (non-hydrogen) atoms. The first-order valence-corrected chi connectivity index (χ1v) is 10.5. The molecule has 8 heteroatoms. The first kappa shape index (κ1) is 16.1. The van der Waals surface area contributed by atoms with E-state index in [0.717, 1.165) is 34.4 Å². The summed E-state index contributed by atoms with van der Waals surface area (Å²) in [5, 5.41) is 0.359. The number of rotatable bonds is 5. The van der Waals surface area contributed by atoms with E-state index in [1.54, 1.807) is 18.7 Å². The van der Waals surface area contributed by atoms with Crippen LogP contribution in [-0.4, -0.2) is 42.6 Å². The Balaban J connectivity index is 2.35. The number of aromatic nitrogens is 1. The zero-order valence-corrected chi connectivity index (χ0v) is 14.3. The Morgan fingerprint density at radius 2 is 2.20 bits per heavy atom. The molecule has 5 nitrogen and oxygen atoms in total. The second-order valence-electron chi connectivity index (χ2n) is 4.60. The summed E-state index contributed by atoms with van der Waals surface area (Å²) in [5.41, 5.74) is 6.74. The maximum atomic E-state index is 12.3. The molecule has 0 spiro atoms. The van der Waals surface area contributed by atoms with Crippen LogP contribution in [0.15, 0.2) is 0 Å². The molecule has 1 saturated heterocycles. The van der Waals surface area contributed by atoms with Crippen molar-refractivity contribution in [2.75, 3.05) is 28.7 Å². The summed E-state index contributed by atoms with van der Waals surface area (Å²) >= 11 is 3.23. The molecule has 0 radical (unpaired) electrons. The zero-order chi connectivity index (χ0) is 14.8. The minimum atomic E-state index is -3.10. The number of anilines is 1. The number of hydrogen-bond donors (Lipinski definition) is 1. The number of thiazole rings is 1. The maximum absolute atomic E-state index is 12.3. The second-order valence-corrected chi connectivity index (χ2v) is 9.26. The lowest BCUT2D eigenvalue weighted by atomic mass is 10.3. The molecule has 2 rings (SSSR count). The van der Waals surface area contributed by atoms with Crippen LogP contribution in [-0.2, 0) is 22.8 Å². The Morgan fingerprint density at radius 1 is 1.45 bits per heavy atom. The third kappa shape index (κ3) is 3.13. The van der Waals surface area contributed by atoms with E-state index in [1.807, 2.05) is 11.8 Å². The Bertz CT molecular complexity index is 535. The van der Waals surface area contributed by atoms with Crippen molar-refractivity contribution < 1.29 is 8.42 Å². The molecule has 0 amide bonds. The van der Waals surface area contributed by atoms with Crippen LogP contribution in [0.5, 0.6) is 0 Å². The Kier molecular flexibility index (Phi) is 5.33. The van der Waals surface area contributed by atoms with E-state index in [1.165, 1.54) is 11.3 Å². The van der Waals surface area contributed by atoms with Gasteiger partial charge in [-0.05, 0) is 6.42 Å². The third-order valence-corrected chi connectivity index (χ3v) is 7.88. The predicted molar refractivity (Wildman–Crippen MR) is 87.3 cm³/mol. The van der Waals surface area contributed by atoms with E-state index in [0.29, 0.717) is 12.3 Å². The summed E-state index contributed by atoms with van der Waals surface area (Å²) in [6, 6.07) is 0. The lowest BCUT2D eigenvalue weighted by molar-refractivity contribution is 0.579. The molecular formula is C12H21N3O2S3. The molecule has 1 aromatic rings. The topological polar surface area (TPSA) is 76.3 Å². The largest absolute Gasteiger partial charge is 0.329 e. The van der Waals surface area contributed by atoms with E-state index < -0.39 is 15.2 Å². The van der Waals surface area contributed by atoms with Crippen molar-refractivity contribution in [3.63, 3.8) is 0 Å². The molecule has 1 fully saturated rings. The van der Waals surface area contributed by atoms with Gasteiger partial charge in [0.15, 0.2) is 15.0 Å². The summed E-state index contributed by atoms with van der Waals surface area (Å²) in [7, 11) is -3.10. The molecule has 1 atom stereocenters. The molecule has 0 aromatic carbocycles. The van der Waals surface area contributed by atoms with Crippen LogP contribution in [0.4, 0.5) is 5.13 Å². The Hall–Kier alpha value is -0.310. The van der Waals surface area contributed by atoms with Gasteiger partial charge in [0.25, 0.3) is 0 Å². The van der Waals surface area contributed by atoms with Crippen LogP contribution in [0.1, 0.15) is 24.4 Å². The number of nitrogens with two attached hydrogens (primary N) is 1. The first-order valence-electron chi connectivity index (χ1n) is 6.78. The molecule has 2 N–H and O–H groups in total. The fourth-order valence-electron chi connectivity index (χ4n) is 2.22. The van der Waals surface area contributed by atoms with Gasteiger partial charge in [-0.25, -0.2) is 13.4 Å². The lowest BCUT2D eigenvalue weighted by Gasteiger charge is -2.34. The van der Waals surface area contributed by atoms with Crippen LogP contribution < -0.4 is 10.6 Å². The summed E-state index contributed by atoms with van der Waals surface area (Å²) < 4.78 is 24.5. The molecule has 1 aliphatic heterocycles. The minimum Gasteiger partial charge on any atom is -0.329 e. The molecule has 1 aliphatic rings. The van der Waals surface area contributed by atoms with Crippen molar-refractivity contribution in [1.82, 2.24) is 4.98 Å². The number of nitrogens with zero attached hydrogens (tertiary/aromatic N) is 2. The maximum Gasteiger partial charge on any atom is 0.186 e. The molecule has 114 valence electrons. The molecule has 0 saturated carbocycles. The van der Waals surface area contributed by atoms with Gasteiger partial charge in [-0.2, -0.15) is 11.8 Å². The van der Waals surface area contributed by atoms with Gasteiger partial charge in [0, 0.05) is 35.2 Å². The van der Waals surface area contributed by atoms with Crippen molar-refractivity contribution in [3.05, 3.63) is 10.6 Å². The number of thioether (sulfide) groups is 1. The van der Waals surface area contributed by atoms with E-state index in [9.17, 15) is 8.42 Å². The predicted octanol–water partition coefficient (Wildman–Crippen LogP) is 1.48. The van der Waals surface area contributed by atoms with Crippen LogP contribution in [0.3, 0.4) is 0 Å². The molecule has 2 heterocycles. The summed E-state index contributed by atoms with van der Waals surface area (Å²) in [4.78, 5) is 7.63. The quantitative estimate of drug-likeness (QED) is 0.878. The highest BCUT2D eigenvalue weighted by molar-refractivity contribution is 8.01. The van der Waals surface area contributed by atoms with Gasteiger partial charge >= 0.3 is 0 Å². The van der Waals surface area contributed by atoms with Crippen LogP contribution in [0.2, 0.25) is 0 Å². The molecule has 0 bridgehead atoms. The van der Waals surface area contributed by atoms with E-state index in [-0.39, 0.29) is 5.75 Å². The number of aryl methyl sites for hydroxylation is 1. The van der Waals surface area contributed by atoms with Gasteiger partial charge in [0.05, 0.1) is 5.69 Å². The summed E-state index contributed by atoms with van der Waals surface area (Å²) in [6.45, 7) is 4.95. The van der Waals surface area contributed by atoms with Gasteiger partial charge in [0.2, 0.25) is 0 Å². The highest BCUT2D eigenvalue weighted by atomic mass is 32.2. The van der Waals surface area contributed by atoms with Gasteiger partial charge in [0.1, 0.15) is 5.37 Å². The lowest BCUT2D eigenvalue weighted by Crippen LogP contribution is -2.48. The van der Waals surface area contributed by atoms with Crippen molar-refractivity contribution in [2.45, 2.75) is 32.2 Å². The van der Waals surface area contributed by atoms with Crippen molar-refractivity contribution in [1.29, 1.82) is 0 Å². The highest BCUT2D eigenvalue weighted by Gasteiger charge is 2.34. The van der Waals surface area contributed by atoms with Crippen molar-refractivity contribution >= 4 is 38.1 Å². The average Bonchev–Trinajstić information content (AvgIpc) is 2.90. The molecule has 0 aliphatic carbocycles. The molecule has 1 unspecified atom stereocenters. The zero-order valence-electron chi connectivity index (χ0n) is 11.8. The number of sulfone groups is 1. The third-order valence-electron chi connectivity index (χ3n) is 3.43. The van der Waals surface area contributed by atoms with Gasteiger partial charge in [-0.3, -0.25) is 0 Å². The summed E-state index contributed by atoms with van der Waals surface area (Å²) in [5.74, 6) is 1.73. The highest BCUT2D eigenvalue weighted by Crippen LogP contribution is 2.32. The van der Waals surface area contributed by atoms with Gasteiger partial charge < -0.3 is 10.6 Å². The number of hydrogen-bond acceptors (Lipinski definition) is 7. The van der Waals surface area contributed by atoms with E-state index >= 15 is 0 Å². The van der Waals surface area contributed by atoms with Crippen LogP contribution in [0.25, 0.3) is 0 Å². The van der Waals surface area contributed by atoms with Gasteiger partial charge in [-0.15, -0.1) is 11.3 Å². The normalized spacial score (nSPS) is 20.4. The van der Waals surface area contributed by atoms with Crippen LogP contribution in [0, 0.1) is 0 Å². The minimum absolute atomic E-state index is 0.171. The Morgan fingerprint density at radius 3 is 2.75 bits per heavy atom.